The van der Waals surface area contributed by atoms with Crippen molar-refractivity contribution < 1.29 is 18.5 Å². The lowest BCUT2D eigenvalue weighted by molar-refractivity contribution is -0.386. The number of furan rings is 1. The van der Waals surface area contributed by atoms with Crippen LogP contribution in [0.2, 0.25) is 0 Å². The third-order valence-electron chi connectivity index (χ3n) is 4.03. The van der Waals surface area contributed by atoms with Crippen LogP contribution in [0, 0.1) is 15.9 Å². The van der Waals surface area contributed by atoms with Gasteiger partial charge in [-0.3, -0.25) is 14.9 Å². The average Bonchev–Trinajstić information content (AvgIpc) is 3.23. The molecule has 0 radical (unpaired) electrons. The van der Waals surface area contributed by atoms with Gasteiger partial charge in [-0.05, 0) is 37.1 Å². The molecule has 1 aliphatic heterocycles. The van der Waals surface area contributed by atoms with Crippen molar-refractivity contribution in [2.75, 3.05) is 11.4 Å². The molecule has 0 aliphatic carbocycles. The maximum Gasteiger partial charge on any atom is 0.327 e. The molecule has 1 aliphatic rings. The van der Waals surface area contributed by atoms with Gasteiger partial charge in [0.05, 0.1) is 17.7 Å². The Bertz CT molecular complexity index is 748. The number of carbonyl (C=O) groups is 1. The van der Waals surface area contributed by atoms with Crippen LogP contribution in [-0.2, 0) is 11.3 Å². The van der Waals surface area contributed by atoms with E-state index in [0.29, 0.717) is 25.1 Å². The van der Waals surface area contributed by atoms with Crippen LogP contribution in [0.15, 0.2) is 41.0 Å². The smallest absolute Gasteiger partial charge is 0.327 e. The Hall–Kier alpha value is -2.90. The lowest BCUT2D eigenvalue weighted by Crippen LogP contribution is -2.43. The molecule has 1 amide bonds. The number of nitrogens with zero attached hydrogens (tertiary/aromatic N) is 2. The number of anilines is 1. The maximum absolute atomic E-state index is 13.8. The number of hydrogen-bond donors (Lipinski definition) is 1. The molecule has 2 aromatic rings. The average molecular weight is 333 g/mol. The van der Waals surface area contributed by atoms with Gasteiger partial charge in [-0.15, -0.1) is 0 Å². The van der Waals surface area contributed by atoms with E-state index < -0.39 is 22.5 Å². The number of nitrogens with one attached hydrogen (secondary N) is 1. The Labute approximate surface area is 137 Å². The van der Waals surface area contributed by atoms with Crippen LogP contribution in [-0.4, -0.2) is 23.4 Å². The summed E-state index contributed by atoms with van der Waals surface area (Å²) in [5.41, 5.74) is -0.459. The number of halogens is 1. The molecule has 1 fully saturated rings. The number of rotatable bonds is 5. The Morgan fingerprint density at radius 3 is 2.96 bits per heavy atom. The van der Waals surface area contributed by atoms with Crippen LogP contribution in [0.4, 0.5) is 15.8 Å². The standard InChI is InChI=1S/C16H16FN3O4/c17-12-5-1-6-13(15(12)20(22)23)19-8-2-7-14(19)16(21)18-10-11-4-3-9-24-11/h1,3-6,9,14H,2,7-8,10H2,(H,18,21)/t14-/m0/s1. The van der Waals surface area contributed by atoms with Gasteiger partial charge in [-0.25, -0.2) is 0 Å². The molecular formula is C16H16FN3O4. The number of carbonyl (C=O) groups excluding carboxylic acids is 1. The van der Waals surface area contributed by atoms with Crippen molar-refractivity contribution in [1.82, 2.24) is 5.32 Å². The molecule has 7 nitrogen and oxygen atoms in total. The summed E-state index contributed by atoms with van der Waals surface area (Å²) in [5.74, 6) is -0.550. The van der Waals surface area contributed by atoms with Crippen molar-refractivity contribution in [3.8, 4) is 0 Å². The Morgan fingerprint density at radius 2 is 2.25 bits per heavy atom. The van der Waals surface area contributed by atoms with E-state index in [9.17, 15) is 19.3 Å². The van der Waals surface area contributed by atoms with Gasteiger partial charge >= 0.3 is 5.69 Å². The van der Waals surface area contributed by atoms with E-state index in [-0.39, 0.29) is 18.1 Å². The number of hydrogen-bond acceptors (Lipinski definition) is 5. The molecule has 1 aromatic carbocycles. The van der Waals surface area contributed by atoms with Crippen molar-refractivity contribution in [2.24, 2.45) is 0 Å². The fourth-order valence-electron chi connectivity index (χ4n) is 2.95. The molecule has 126 valence electrons. The van der Waals surface area contributed by atoms with Gasteiger partial charge in [0.25, 0.3) is 0 Å². The first-order chi connectivity index (χ1) is 11.6. The number of nitro benzene ring substituents is 1. The Morgan fingerprint density at radius 1 is 1.42 bits per heavy atom. The monoisotopic (exact) mass is 333 g/mol. The summed E-state index contributed by atoms with van der Waals surface area (Å²) in [6.07, 6.45) is 2.77. The highest BCUT2D eigenvalue weighted by Crippen LogP contribution is 2.35. The minimum absolute atomic E-state index is 0.135. The normalized spacial score (nSPS) is 17.0. The predicted molar refractivity (Wildman–Crippen MR) is 84.0 cm³/mol. The Kier molecular flexibility index (Phi) is 4.45. The predicted octanol–water partition coefficient (Wildman–Crippen LogP) is 2.61. The Balaban J connectivity index is 1.79. The van der Waals surface area contributed by atoms with Crippen molar-refractivity contribution in [3.05, 3.63) is 58.3 Å². The molecule has 1 aromatic heterocycles. The lowest BCUT2D eigenvalue weighted by atomic mass is 10.1. The van der Waals surface area contributed by atoms with Crippen LogP contribution < -0.4 is 10.2 Å². The first kappa shape index (κ1) is 16.0. The second kappa shape index (κ2) is 6.69. The molecule has 3 rings (SSSR count). The van der Waals surface area contributed by atoms with E-state index in [1.165, 1.54) is 18.4 Å². The SMILES string of the molecule is O=C(NCc1ccco1)[C@@H]1CCCN1c1cccc(F)c1[N+](=O)[O-]. The van der Waals surface area contributed by atoms with Crippen LogP contribution in [0.25, 0.3) is 0 Å². The summed E-state index contributed by atoms with van der Waals surface area (Å²) < 4.78 is 19.0. The highest BCUT2D eigenvalue weighted by molar-refractivity contribution is 5.87. The topological polar surface area (TPSA) is 88.6 Å². The first-order valence-corrected chi connectivity index (χ1v) is 7.57. The first-order valence-electron chi connectivity index (χ1n) is 7.57. The van der Waals surface area contributed by atoms with E-state index in [1.54, 1.807) is 17.0 Å². The molecule has 1 atom stereocenters. The molecule has 8 heteroatoms. The highest BCUT2D eigenvalue weighted by Gasteiger charge is 2.35. The highest BCUT2D eigenvalue weighted by atomic mass is 19.1. The van der Waals surface area contributed by atoms with Gasteiger partial charge in [0.1, 0.15) is 17.5 Å². The summed E-state index contributed by atoms with van der Waals surface area (Å²) >= 11 is 0. The number of benzene rings is 1. The van der Waals surface area contributed by atoms with E-state index >= 15 is 0 Å². The lowest BCUT2D eigenvalue weighted by Gasteiger charge is -2.25. The molecule has 0 bridgehead atoms. The van der Waals surface area contributed by atoms with Gasteiger partial charge in [0.2, 0.25) is 11.7 Å². The van der Waals surface area contributed by atoms with Crippen molar-refractivity contribution in [2.45, 2.75) is 25.4 Å². The summed E-state index contributed by atoms with van der Waals surface area (Å²) in [5, 5.41) is 13.9. The summed E-state index contributed by atoms with van der Waals surface area (Å²) in [4.78, 5) is 24.5. The molecule has 24 heavy (non-hydrogen) atoms. The number of amides is 1. The van der Waals surface area contributed by atoms with Crippen LogP contribution in [0.3, 0.4) is 0 Å². The van der Waals surface area contributed by atoms with E-state index in [0.717, 1.165) is 6.07 Å². The fraction of sp³-hybridized carbons (Fsp3) is 0.312. The van der Waals surface area contributed by atoms with Crippen molar-refractivity contribution in [3.63, 3.8) is 0 Å². The third-order valence-corrected chi connectivity index (χ3v) is 4.03. The minimum Gasteiger partial charge on any atom is -0.467 e. The summed E-state index contributed by atoms with van der Waals surface area (Å²) in [7, 11) is 0. The summed E-state index contributed by atoms with van der Waals surface area (Å²) in [6, 6.07) is 6.82. The molecule has 0 spiro atoms. The second-order valence-electron chi connectivity index (χ2n) is 5.51. The van der Waals surface area contributed by atoms with Gasteiger partial charge in [-0.2, -0.15) is 4.39 Å². The van der Waals surface area contributed by atoms with Gasteiger partial charge in [0.15, 0.2) is 0 Å². The van der Waals surface area contributed by atoms with Crippen LogP contribution >= 0.6 is 0 Å². The zero-order chi connectivity index (χ0) is 17.1. The van der Waals surface area contributed by atoms with Gasteiger partial charge in [-0.1, -0.05) is 6.07 Å². The zero-order valence-corrected chi connectivity index (χ0v) is 12.8. The fourth-order valence-corrected chi connectivity index (χ4v) is 2.95. The molecule has 0 saturated carbocycles. The zero-order valence-electron chi connectivity index (χ0n) is 12.8. The molecule has 1 N–H and O–H groups in total. The molecule has 2 heterocycles. The van der Waals surface area contributed by atoms with Crippen LogP contribution in [0.5, 0.6) is 0 Å². The number of para-hydroxylation sites is 1. The van der Waals surface area contributed by atoms with Crippen molar-refractivity contribution >= 4 is 17.3 Å². The quantitative estimate of drug-likeness (QED) is 0.671. The number of nitro groups is 1. The van der Waals surface area contributed by atoms with E-state index in [4.69, 9.17) is 4.42 Å². The van der Waals surface area contributed by atoms with E-state index in [1.807, 2.05) is 0 Å². The van der Waals surface area contributed by atoms with Crippen molar-refractivity contribution in [1.29, 1.82) is 0 Å². The molecule has 0 unspecified atom stereocenters. The molecular weight excluding hydrogens is 317 g/mol. The third kappa shape index (κ3) is 3.08. The molecule has 1 saturated heterocycles. The van der Waals surface area contributed by atoms with Gasteiger partial charge < -0.3 is 14.6 Å². The summed E-state index contributed by atoms with van der Waals surface area (Å²) in [6.45, 7) is 0.699. The largest absolute Gasteiger partial charge is 0.467 e. The van der Waals surface area contributed by atoms with E-state index in [2.05, 4.69) is 5.32 Å². The van der Waals surface area contributed by atoms with Crippen LogP contribution in [0.1, 0.15) is 18.6 Å². The maximum atomic E-state index is 13.8. The van der Waals surface area contributed by atoms with Gasteiger partial charge in [0, 0.05) is 6.54 Å². The minimum atomic E-state index is -0.904. The second-order valence-corrected chi connectivity index (χ2v) is 5.51.